The van der Waals surface area contributed by atoms with Crippen LogP contribution in [0.4, 0.5) is 0 Å². The fraction of sp³-hybridized carbons (Fsp3) is 0.244. The van der Waals surface area contributed by atoms with Crippen LogP contribution in [-0.2, 0) is 43.5 Å². The van der Waals surface area contributed by atoms with Crippen molar-refractivity contribution in [3.8, 4) is 0 Å². The fourth-order valence-electron chi connectivity index (χ4n) is 28.1. The highest BCUT2D eigenvalue weighted by molar-refractivity contribution is 7.65. The summed E-state index contributed by atoms with van der Waals surface area (Å²) in [5.74, 6) is -1.51. The first-order valence-electron chi connectivity index (χ1n) is 32.4. The van der Waals surface area contributed by atoms with E-state index in [0.29, 0.717) is 19.8 Å². The molecule has 394 valence electrons. The van der Waals surface area contributed by atoms with E-state index in [1.165, 1.54) is 256 Å². The maximum absolute atomic E-state index is 17.9. The number of benzene rings is 16. The van der Waals surface area contributed by atoms with Gasteiger partial charge < -0.3 is 23.0 Å². The largest absolute Gasteiger partial charge is 0.468 e. The highest BCUT2D eigenvalue weighted by atomic mass is 31.2. The summed E-state index contributed by atoms with van der Waals surface area (Å²) in [6.07, 6.45) is 4.86. The van der Waals surface area contributed by atoms with E-state index in [2.05, 4.69) is 20.8 Å². The molecule has 26 aromatic rings. The first-order valence-corrected chi connectivity index (χ1v) is 33.9. The van der Waals surface area contributed by atoms with E-state index in [1.54, 1.807) is 61.0 Å². The third-order valence-electron chi connectivity index (χ3n) is 28.7. The Hall–Kier alpha value is -8.16. The maximum atomic E-state index is 17.9. The van der Waals surface area contributed by atoms with Gasteiger partial charge in [-0.15, -0.1) is 0 Å². The molecule has 0 radical (unpaired) electrons. The lowest BCUT2D eigenvalue weighted by atomic mass is 9.60. The lowest BCUT2D eigenvalue weighted by molar-refractivity contribution is -0.147. The topological polar surface area (TPSA) is 80.3 Å². The second kappa shape index (κ2) is 9.76. The molecule has 7 aliphatic carbocycles. The van der Waals surface area contributed by atoms with E-state index in [9.17, 15) is 0 Å². The molecule has 8 heteroatoms. The van der Waals surface area contributed by atoms with Gasteiger partial charge in [-0.1, -0.05) is 40.0 Å². The molecule has 7 aliphatic rings. The number of methoxy groups -OCH3 is 2. The van der Waals surface area contributed by atoms with Crippen LogP contribution < -0.4 is 0 Å². The van der Waals surface area contributed by atoms with Crippen molar-refractivity contribution in [1.29, 1.82) is 0 Å². The molecule has 4 unspecified atom stereocenters. The Morgan fingerprint density at radius 1 is 0.314 bits per heavy atom. The zero-order valence-corrected chi connectivity index (χ0v) is 47.7. The highest BCUT2D eigenvalue weighted by Gasteiger charge is 3.03. The molecule has 0 aromatic heterocycles. The molecular formula is C78H35O7P. The summed E-state index contributed by atoms with van der Waals surface area (Å²) in [7, 11) is -0.900. The normalized spacial score (nSPS) is 24.2. The third-order valence-corrected chi connectivity index (χ3v) is 31.4. The SMILES string of the molecule is CCCCOP(OCCCC)(OCCCC)=C(C(=O)OC)C1(C(=O)OC)C23c4c5c6c7c8c9c%10c%11c(c%12c%13c%14c%15c%16c(c4c4c%17c5c7c5c7c8c8c9c9c%11c%11c%12c%14c%12c%14c%15c%15c%16c4c4c%17c5c5c7c7c8c8c9c%11c%12c9c%14c%11c%15c4c5c%11c7c89)C%132)C13C6%10. The van der Waals surface area contributed by atoms with Gasteiger partial charge in [-0.3, -0.25) is 4.79 Å². The van der Waals surface area contributed by atoms with Crippen molar-refractivity contribution in [3.05, 3.63) is 33.4 Å². The maximum Gasteiger partial charge on any atom is 0.342 e. The average molecular weight is 1120 g/mol. The van der Waals surface area contributed by atoms with Crippen molar-refractivity contribution >= 4 is 294 Å². The van der Waals surface area contributed by atoms with Gasteiger partial charge in [0, 0.05) is 22.7 Å². The number of carbonyl (C=O) groups excluding carboxylic acids is 2. The van der Waals surface area contributed by atoms with Crippen molar-refractivity contribution in [1.82, 2.24) is 0 Å². The van der Waals surface area contributed by atoms with E-state index in [-0.39, 0.29) is 23.1 Å². The Bertz CT molecular complexity index is 7420. The second-order valence-corrected chi connectivity index (χ2v) is 32.0. The molecule has 1 fully saturated rings. The first kappa shape index (κ1) is 38.8. The molecule has 0 saturated heterocycles. The summed E-state index contributed by atoms with van der Waals surface area (Å²) in [6, 6.07) is 0. The zero-order valence-electron chi connectivity index (χ0n) is 46.8. The minimum Gasteiger partial charge on any atom is -0.468 e. The summed E-state index contributed by atoms with van der Waals surface area (Å²) in [5.41, 5.74) is 4.50. The van der Waals surface area contributed by atoms with Crippen molar-refractivity contribution in [2.45, 2.75) is 82.0 Å². The summed E-state index contributed by atoms with van der Waals surface area (Å²) >= 11 is 0. The minimum atomic E-state index is -4.04. The first-order chi connectivity index (χ1) is 42.5. The Balaban J connectivity index is 1.01. The smallest absolute Gasteiger partial charge is 0.342 e. The van der Waals surface area contributed by atoms with Gasteiger partial charge in [-0.25, -0.2) is 4.79 Å². The molecule has 0 heterocycles. The van der Waals surface area contributed by atoms with Gasteiger partial charge in [-0.2, -0.15) is 0 Å². The van der Waals surface area contributed by atoms with Gasteiger partial charge >= 0.3 is 11.9 Å². The average Bonchev–Trinajstić information content (AvgIpc) is 1.36. The van der Waals surface area contributed by atoms with E-state index in [0.717, 1.165) is 38.5 Å². The van der Waals surface area contributed by atoms with Crippen LogP contribution in [0.1, 0.15) is 105 Å². The lowest BCUT2D eigenvalue weighted by Gasteiger charge is -2.40. The van der Waals surface area contributed by atoms with Gasteiger partial charge in [0.2, 0.25) is 0 Å². The van der Waals surface area contributed by atoms with Crippen LogP contribution in [0.25, 0.3) is 269 Å². The van der Waals surface area contributed by atoms with E-state index in [1.807, 2.05) is 0 Å². The molecule has 4 atom stereocenters. The molecule has 2 spiro atoms. The quantitative estimate of drug-likeness (QED) is 0.0438. The number of hydrogen-bond donors (Lipinski definition) is 0. The fourth-order valence-corrected chi connectivity index (χ4v) is 31.0. The van der Waals surface area contributed by atoms with Gasteiger partial charge in [0.15, 0.2) is 0 Å². The van der Waals surface area contributed by atoms with Crippen molar-refractivity contribution in [3.63, 3.8) is 0 Å². The van der Waals surface area contributed by atoms with Gasteiger partial charge in [0.1, 0.15) is 10.7 Å². The lowest BCUT2D eigenvalue weighted by Crippen LogP contribution is -2.43. The van der Waals surface area contributed by atoms with Crippen molar-refractivity contribution in [2.75, 3.05) is 34.0 Å². The van der Waals surface area contributed by atoms with E-state index in [4.69, 9.17) is 23.0 Å². The molecule has 0 N–H and O–H groups in total. The summed E-state index contributed by atoms with van der Waals surface area (Å²) in [4.78, 5) is 34.9. The predicted molar refractivity (Wildman–Crippen MR) is 352 cm³/mol. The van der Waals surface area contributed by atoms with Gasteiger partial charge in [-0.05, 0) is 322 Å². The third kappa shape index (κ3) is 2.35. The van der Waals surface area contributed by atoms with Crippen LogP contribution in [0.5, 0.6) is 0 Å². The van der Waals surface area contributed by atoms with Crippen LogP contribution in [-0.4, -0.2) is 51.3 Å². The van der Waals surface area contributed by atoms with Crippen LogP contribution in [0.3, 0.4) is 0 Å². The standard InChI is InChI=1S/C78H35O7P/c1-6-9-12-83-86(84-13-10-7-2,85-14-11-8-3)73(74(79)81-4)78(75(80)82-5)76-69-61-53-43-33-25-17-15-16-19-23-21(17)29-37-31(23)41-35-27(19)28-20(16)24-22-18(15)26(25)34-40-30(22)38-32(24)42-36(28)46-45(35)55-49(41)59-51(37)57(47(53)39(29)33)65(69)67(59)71-63(55)64-56(46)50(42)60-52(38)58-48(40)54(44(34)43)62(61)70(76)66(58)68(60)72(64)77(71,76)78/h69,72H,6-14H2,1-5H3. The molecule has 1 saturated carbocycles. The van der Waals surface area contributed by atoms with Crippen LogP contribution >= 0.6 is 7.57 Å². The molecular weight excluding hydrogens is 1080 g/mol. The van der Waals surface area contributed by atoms with E-state index >= 15 is 9.59 Å². The number of hydrogen-bond acceptors (Lipinski definition) is 7. The van der Waals surface area contributed by atoms with Crippen molar-refractivity contribution < 1.29 is 32.6 Å². The second-order valence-electron chi connectivity index (χ2n) is 29.8. The van der Waals surface area contributed by atoms with Crippen LogP contribution in [0.2, 0.25) is 0 Å². The molecule has 0 aliphatic heterocycles. The number of rotatable bonds is 15. The number of ether oxygens (including phenoxy) is 2. The summed E-state index contributed by atoms with van der Waals surface area (Å²) < 4.78 is 36.2. The van der Waals surface area contributed by atoms with Crippen molar-refractivity contribution in [2.24, 2.45) is 5.41 Å². The predicted octanol–water partition coefficient (Wildman–Crippen LogP) is 19.6. The Kier molecular flexibility index (Phi) is 4.40. The number of unbranched alkanes of at least 4 members (excludes halogenated alkanes) is 3. The monoisotopic (exact) mass is 1110 g/mol. The molecule has 0 amide bonds. The zero-order chi connectivity index (χ0) is 54.1. The molecule has 7 nitrogen and oxygen atoms in total. The van der Waals surface area contributed by atoms with Gasteiger partial charge in [0.05, 0.1) is 34.0 Å². The van der Waals surface area contributed by atoms with Gasteiger partial charge in [0.25, 0.3) is 7.57 Å². The summed E-state index contributed by atoms with van der Waals surface area (Å²) in [6.45, 7) is 7.50. The Morgan fingerprint density at radius 3 is 0.733 bits per heavy atom. The van der Waals surface area contributed by atoms with Crippen LogP contribution in [0.15, 0.2) is 0 Å². The Labute approximate surface area is 478 Å². The Morgan fingerprint density at radius 2 is 0.523 bits per heavy atom. The summed E-state index contributed by atoms with van der Waals surface area (Å²) in [5, 5.41) is 75.0. The van der Waals surface area contributed by atoms with E-state index < -0.39 is 29.8 Å². The molecule has 33 rings (SSSR count). The molecule has 86 heavy (non-hydrogen) atoms. The van der Waals surface area contributed by atoms with Crippen LogP contribution in [0, 0.1) is 5.41 Å². The molecule has 26 aromatic carbocycles. The number of carbonyl (C=O) groups is 2. The minimum absolute atomic E-state index is 0.276. The highest BCUT2D eigenvalue weighted by Crippen LogP contribution is 3.01. The molecule has 0 bridgehead atoms. The number of esters is 2.